The molecule has 1 atom stereocenters. The molecule has 0 rings (SSSR count). The van der Waals surface area contributed by atoms with Gasteiger partial charge in [0.25, 0.3) is 0 Å². The van der Waals surface area contributed by atoms with Crippen LogP contribution in [0.2, 0.25) is 0 Å². The van der Waals surface area contributed by atoms with Crippen LogP contribution in [0, 0.1) is 5.92 Å². The number of rotatable bonds is 13. The van der Waals surface area contributed by atoms with Gasteiger partial charge in [0.05, 0.1) is 12.3 Å². The smallest absolute Gasteiger partial charge is 0.307 e. The highest BCUT2D eigenvalue weighted by Crippen LogP contribution is 2.15. The highest BCUT2D eigenvalue weighted by atomic mass is 16.4. The predicted molar refractivity (Wildman–Crippen MR) is 79.7 cm³/mol. The zero-order valence-electron chi connectivity index (χ0n) is 12.5. The Hall–Kier alpha value is -1.32. The zero-order chi connectivity index (χ0) is 15.2. The Bertz CT molecular complexity index is 297. The molecule has 116 valence electrons. The first kappa shape index (κ1) is 18.7. The van der Waals surface area contributed by atoms with Crippen LogP contribution in [-0.4, -0.2) is 22.2 Å². The van der Waals surface area contributed by atoms with Crippen molar-refractivity contribution in [3.63, 3.8) is 0 Å². The van der Waals surface area contributed by atoms with Gasteiger partial charge in [-0.05, 0) is 25.7 Å². The highest BCUT2D eigenvalue weighted by molar-refractivity contribution is 5.77. The molecule has 0 radical (unpaired) electrons. The molecule has 0 bridgehead atoms. The lowest BCUT2D eigenvalue weighted by molar-refractivity contribution is -0.148. The molecule has 0 aliphatic rings. The molecular formula is C16H28O4. The molecule has 0 aromatic carbocycles. The van der Waals surface area contributed by atoms with Gasteiger partial charge in [-0.2, -0.15) is 0 Å². The number of allylic oxidation sites excluding steroid dienone is 2. The Kier molecular flexibility index (Phi) is 11.9. The van der Waals surface area contributed by atoms with E-state index in [4.69, 9.17) is 10.2 Å². The van der Waals surface area contributed by atoms with E-state index >= 15 is 0 Å². The molecule has 20 heavy (non-hydrogen) atoms. The molecule has 0 fully saturated rings. The van der Waals surface area contributed by atoms with Crippen molar-refractivity contribution in [1.82, 2.24) is 0 Å². The summed E-state index contributed by atoms with van der Waals surface area (Å²) in [6, 6.07) is 0. The Balaban J connectivity index is 3.52. The summed E-state index contributed by atoms with van der Waals surface area (Å²) in [7, 11) is 0. The van der Waals surface area contributed by atoms with Gasteiger partial charge in [-0.15, -0.1) is 0 Å². The summed E-state index contributed by atoms with van der Waals surface area (Å²) < 4.78 is 0. The Morgan fingerprint density at radius 1 is 0.950 bits per heavy atom. The van der Waals surface area contributed by atoms with E-state index in [0.717, 1.165) is 38.5 Å². The molecule has 4 nitrogen and oxygen atoms in total. The van der Waals surface area contributed by atoms with Gasteiger partial charge < -0.3 is 10.2 Å². The lowest BCUT2D eigenvalue weighted by atomic mass is 9.97. The maximum Gasteiger partial charge on any atom is 0.307 e. The monoisotopic (exact) mass is 284 g/mol. The Labute approximate surface area is 121 Å². The van der Waals surface area contributed by atoms with Crippen molar-refractivity contribution in [2.45, 2.75) is 71.1 Å². The third kappa shape index (κ3) is 11.8. The van der Waals surface area contributed by atoms with Crippen LogP contribution >= 0.6 is 0 Å². The molecule has 0 saturated carbocycles. The van der Waals surface area contributed by atoms with Gasteiger partial charge in [-0.25, -0.2) is 0 Å². The molecule has 4 heteroatoms. The first-order valence-electron chi connectivity index (χ1n) is 7.67. The summed E-state index contributed by atoms with van der Waals surface area (Å²) >= 11 is 0. The van der Waals surface area contributed by atoms with Gasteiger partial charge in [0.15, 0.2) is 0 Å². The van der Waals surface area contributed by atoms with Crippen LogP contribution in [0.15, 0.2) is 12.2 Å². The maximum atomic E-state index is 10.9. The second-order valence-electron chi connectivity index (χ2n) is 5.24. The largest absolute Gasteiger partial charge is 0.481 e. The van der Waals surface area contributed by atoms with Crippen molar-refractivity contribution >= 4 is 11.9 Å². The van der Waals surface area contributed by atoms with Crippen molar-refractivity contribution in [1.29, 1.82) is 0 Å². The highest BCUT2D eigenvalue weighted by Gasteiger charge is 2.19. The van der Waals surface area contributed by atoms with E-state index in [1.54, 1.807) is 0 Å². The van der Waals surface area contributed by atoms with E-state index in [9.17, 15) is 9.59 Å². The van der Waals surface area contributed by atoms with Gasteiger partial charge in [0.2, 0.25) is 0 Å². The van der Waals surface area contributed by atoms with E-state index in [2.05, 4.69) is 19.1 Å². The summed E-state index contributed by atoms with van der Waals surface area (Å²) in [4.78, 5) is 21.4. The molecule has 0 spiro atoms. The molecule has 1 unspecified atom stereocenters. The van der Waals surface area contributed by atoms with Crippen LogP contribution < -0.4 is 0 Å². The molecule has 0 saturated heterocycles. The normalized spacial score (nSPS) is 12.7. The lowest BCUT2D eigenvalue weighted by Gasteiger charge is -2.09. The molecule has 0 aromatic heterocycles. The van der Waals surface area contributed by atoms with E-state index in [-0.39, 0.29) is 6.42 Å². The van der Waals surface area contributed by atoms with Gasteiger partial charge in [-0.3, -0.25) is 9.59 Å². The number of aliphatic carboxylic acids is 2. The standard InChI is InChI=1S/C16H28O4/c1-2-3-4-5-6-7-8-9-10-11-12-14(16(19)20)13-15(17)18/h5-6,14H,2-4,7-13H2,1H3,(H,17,18)(H,19,20)/b6-5+. The quantitative estimate of drug-likeness (QED) is 0.391. The van der Waals surface area contributed by atoms with Gasteiger partial charge in [-0.1, -0.05) is 51.2 Å². The van der Waals surface area contributed by atoms with Crippen LogP contribution in [0.5, 0.6) is 0 Å². The van der Waals surface area contributed by atoms with Crippen LogP contribution in [0.1, 0.15) is 71.1 Å². The molecule has 2 N–H and O–H groups in total. The van der Waals surface area contributed by atoms with Gasteiger partial charge in [0.1, 0.15) is 0 Å². The molecule has 0 amide bonds. The average molecular weight is 284 g/mol. The Morgan fingerprint density at radius 3 is 2.10 bits per heavy atom. The van der Waals surface area contributed by atoms with Crippen molar-refractivity contribution < 1.29 is 19.8 Å². The van der Waals surface area contributed by atoms with E-state index in [1.165, 1.54) is 12.8 Å². The van der Waals surface area contributed by atoms with Crippen LogP contribution in [-0.2, 0) is 9.59 Å². The average Bonchev–Trinajstić information content (AvgIpc) is 2.39. The fourth-order valence-electron chi connectivity index (χ4n) is 2.09. The fraction of sp³-hybridized carbons (Fsp3) is 0.750. The minimum Gasteiger partial charge on any atom is -0.481 e. The van der Waals surface area contributed by atoms with E-state index in [1.807, 2.05) is 0 Å². The Morgan fingerprint density at radius 2 is 1.55 bits per heavy atom. The number of carboxylic acids is 2. The second-order valence-corrected chi connectivity index (χ2v) is 5.24. The third-order valence-electron chi connectivity index (χ3n) is 3.33. The predicted octanol–water partition coefficient (Wildman–Crippen LogP) is 4.25. The lowest BCUT2D eigenvalue weighted by Crippen LogP contribution is -2.17. The van der Waals surface area contributed by atoms with Crippen molar-refractivity contribution in [3.8, 4) is 0 Å². The molecule has 0 aliphatic heterocycles. The number of hydrogen-bond donors (Lipinski definition) is 2. The molecule has 0 aromatic rings. The van der Waals surface area contributed by atoms with E-state index in [0.29, 0.717) is 6.42 Å². The van der Waals surface area contributed by atoms with Crippen LogP contribution in [0.4, 0.5) is 0 Å². The second kappa shape index (κ2) is 12.7. The molecule has 0 aliphatic carbocycles. The van der Waals surface area contributed by atoms with Crippen molar-refractivity contribution in [2.24, 2.45) is 5.92 Å². The summed E-state index contributed by atoms with van der Waals surface area (Å²) in [5.74, 6) is -2.76. The number of unbranched alkanes of at least 4 members (excludes halogenated alkanes) is 6. The molecular weight excluding hydrogens is 256 g/mol. The summed E-state index contributed by atoms with van der Waals surface area (Å²) in [5, 5.41) is 17.5. The zero-order valence-corrected chi connectivity index (χ0v) is 12.5. The van der Waals surface area contributed by atoms with Crippen LogP contribution in [0.25, 0.3) is 0 Å². The topological polar surface area (TPSA) is 74.6 Å². The maximum absolute atomic E-state index is 10.9. The molecule has 0 heterocycles. The van der Waals surface area contributed by atoms with Crippen molar-refractivity contribution in [2.75, 3.05) is 0 Å². The summed E-state index contributed by atoms with van der Waals surface area (Å²) in [6.07, 6.45) is 13.3. The minimum atomic E-state index is -1.03. The SMILES string of the molecule is CCCC/C=C/CCCCCCC(CC(=O)O)C(=O)O. The first-order chi connectivity index (χ1) is 9.57. The summed E-state index contributed by atoms with van der Waals surface area (Å²) in [5.41, 5.74) is 0. The third-order valence-corrected chi connectivity index (χ3v) is 3.33. The van der Waals surface area contributed by atoms with Gasteiger partial charge in [0, 0.05) is 0 Å². The van der Waals surface area contributed by atoms with Crippen molar-refractivity contribution in [3.05, 3.63) is 12.2 Å². The first-order valence-corrected chi connectivity index (χ1v) is 7.67. The van der Waals surface area contributed by atoms with E-state index < -0.39 is 17.9 Å². The number of carboxylic acid groups (broad SMARTS) is 2. The number of carbonyl (C=O) groups is 2. The summed E-state index contributed by atoms with van der Waals surface area (Å²) in [6.45, 7) is 2.18. The van der Waals surface area contributed by atoms with Gasteiger partial charge >= 0.3 is 11.9 Å². The fourth-order valence-corrected chi connectivity index (χ4v) is 2.09. The minimum absolute atomic E-state index is 0.268. The number of hydrogen-bond acceptors (Lipinski definition) is 2. The van der Waals surface area contributed by atoms with Crippen LogP contribution in [0.3, 0.4) is 0 Å².